The Morgan fingerprint density at radius 1 is 1.17 bits per heavy atom. The first-order valence-electron chi connectivity index (χ1n) is 8.98. The van der Waals surface area contributed by atoms with E-state index in [1.165, 1.54) is 24.3 Å². The van der Waals surface area contributed by atoms with E-state index >= 15 is 0 Å². The molecule has 1 aliphatic rings. The van der Waals surface area contributed by atoms with Crippen LogP contribution in [0.1, 0.15) is 17.5 Å². The van der Waals surface area contributed by atoms with E-state index in [0.717, 1.165) is 22.2 Å². The Balaban J connectivity index is 1.51. The highest BCUT2D eigenvalue weighted by Gasteiger charge is 2.45. The van der Waals surface area contributed by atoms with Crippen molar-refractivity contribution in [2.75, 3.05) is 0 Å². The Bertz CT molecular complexity index is 949. The van der Waals surface area contributed by atoms with E-state index in [4.69, 9.17) is 4.74 Å². The lowest BCUT2D eigenvalue weighted by molar-refractivity contribution is -0.384. The number of nitro benzene ring substituents is 1. The second kappa shape index (κ2) is 9.51. The number of carbonyl (C=O) groups excluding carboxylic acids is 3. The number of aliphatic hydroxyl groups is 1. The smallest absolute Gasteiger partial charge is 0.356 e. The van der Waals surface area contributed by atoms with Crippen molar-refractivity contribution in [2.45, 2.75) is 31.1 Å². The van der Waals surface area contributed by atoms with Gasteiger partial charge in [0.25, 0.3) is 5.69 Å². The van der Waals surface area contributed by atoms with Crippen molar-refractivity contribution in [3.63, 3.8) is 0 Å². The molecular formula is C20H18N2O7S. The molecule has 0 saturated carbocycles. The van der Waals surface area contributed by atoms with E-state index in [9.17, 15) is 29.6 Å². The van der Waals surface area contributed by atoms with Gasteiger partial charge in [-0.3, -0.25) is 24.6 Å². The summed E-state index contributed by atoms with van der Waals surface area (Å²) in [7, 11) is 0. The average molecular weight is 430 g/mol. The van der Waals surface area contributed by atoms with Gasteiger partial charge in [-0.25, -0.2) is 4.79 Å². The predicted octanol–water partition coefficient (Wildman–Crippen LogP) is 2.02. The molecule has 1 saturated heterocycles. The zero-order valence-electron chi connectivity index (χ0n) is 15.7. The zero-order valence-corrected chi connectivity index (χ0v) is 16.5. The Kier molecular flexibility index (Phi) is 6.80. The van der Waals surface area contributed by atoms with Gasteiger partial charge < -0.3 is 9.84 Å². The molecule has 0 aliphatic carbocycles. The molecule has 0 bridgehead atoms. The number of likely N-dealkylation sites (tertiary alicyclic amines) is 1. The molecule has 156 valence electrons. The van der Waals surface area contributed by atoms with Crippen molar-refractivity contribution in [1.82, 2.24) is 4.90 Å². The molecule has 1 fully saturated rings. The van der Waals surface area contributed by atoms with E-state index in [-0.39, 0.29) is 30.3 Å². The Morgan fingerprint density at radius 3 is 2.43 bits per heavy atom. The number of amides is 1. The molecule has 1 N–H and O–H groups in total. The highest BCUT2D eigenvalue weighted by Crippen LogP contribution is 2.32. The number of hydrogen-bond donors (Lipinski definition) is 1. The summed E-state index contributed by atoms with van der Waals surface area (Å²) >= 11 is 0.892. The average Bonchev–Trinajstić information content (AvgIpc) is 2.72. The quantitative estimate of drug-likeness (QED) is 0.292. The van der Waals surface area contributed by atoms with Gasteiger partial charge in [-0.15, -0.1) is 0 Å². The van der Waals surface area contributed by atoms with Crippen LogP contribution in [0.25, 0.3) is 0 Å². The van der Waals surface area contributed by atoms with Gasteiger partial charge >= 0.3 is 5.97 Å². The number of non-ortho nitro benzene ring substituents is 1. The fraction of sp³-hybridized carbons (Fsp3) is 0.250. The maximum atomic E-state index is 12.2. The lowest BCUT2D eigenvalue weighted by atomic mass is 10.2. The number of nitrogens with zero attached hydrogens (tertiary/aromatic N) is 2. The molecule has 10 heteroatoms. The van der Waals surface area contributed by atoms with Gasteiger partial charge in [-0.1, -0.05) is 42.1 Å². The normalized spacial score (nSPS) is 16.5. The number of benzene rings is 2. The Labute approximate surface area is 175 Å². The second-order valence-corrected chi connectivity index (χ2v) is 7.75. The summed E-state index contributed by atoms with van der Waals surface area (Å²) < 4.78 is 5.00. The van der Waals surface area contributed by atoms with Crippen LogP contribution in [-0.4, -0.2) is 43.5 Å². The Morgan fingerprint density at radius 2 is 1.83 bits per heavy atom. The van der Waals surface area contributed by atoms with Gasteiger partial charge in [-0.05, 0) is 23.3 Å². The van der Waals surface area contributed by atoms with Crippen LogP contribution >= 0.6 is 11.8 Å². The summed E-state index contributed by atoms with van der Waals surface area (Å²) in [6.07, 6.45) is -1.62. The summed E-state index contributed by atoms with van der Waals surface area (Å²) in [6.45, 7) is -0.222. The van der Waals surface area contributed by atoms with Gasteiger partial charge in [0.15, 0.2) is 5.12 Å². The van der Waals surface area contributed by atoms with E-state index in [0.29, 0.717) is 5.56 Å². The molecule has 1 unspecified atom stereocenters. The molecule has 1 amide bonds. The third kappa shape index (κ3) is 5.22. The number of esters is 1. The number of hydrogen-bond acceptors (Lipinski definition) is 8. The van der Waals surface area contributed by atoms with Crippen molar-refractivity contribution >= 4 is 34.4 Å². The van der Waals surface area contributed by atoms with Crippen LogP contribution in [0.2, 0.25) is 0 Å². The number of thioether (sulfide) groups is 1. The predicted molar refractivity (Wildman–Crippen MR) is 107 cm³/mol. The van der Waals surface area contributed by atoms with E-state index < -0.39 is 28.4 Å². The SMILES string of the molecule is O=C(Cc1ccccc1)S[C@H]1CC(=O)N1C(O)C(=O)OCc1ccc([N+](=O)[O-])cc1. The molecular weight excluding hydrogens is 412 g/mol. The van der Waals surface area contributed by atoms with Gasteiger partial charge in [0.05, 0.1) is 16.7 Å². The highest BCUT2D eigenvalue weighted by atomic mass is 32.2. The minimum Gasteiger partial charge on any atom is -0.457 e. The van der Waals surface area contributed by atoms with Crippen LogP contribution in [0.4, 0.5) is 5.69 Å². The fourth-order valence-electron chi connectivity index (χ4n) is 2.81. The number of β-lactam (4-membered cyclic amide) rings is 1. The highest BCUT2D eigenvalue weighted by molar-refractivity contribution is 8.14. The van der Waals surface area contributed by atoms with Crippen LogP contribution in [0, 0.1) is 10.1 Å². The number of rotatable bonds is 8. The molecule has 2 atom stereocenters. The van der Waals surface area contributed by atoms with Crippen LogP contribution < -0.4 is 0 Å². The monoisotopic (exact) mass is 430 g/mol. The maximum absolute atomic E-state index is 12.2. The standard InChI is InChI=1S/C20H18N2O7S/c23-16-11-17(30-18(24)10-13-4-2-1-3-5-13)21(16)19(25)20(26)29-12-14-6-8-15(9-7-14)22(27)28/h1-9,17,19,25H,10-12H2/t17-,19?/m0/s1. The van der Waals surface area contributed by atoms with Crippen LogP contribution in [0.3, 0.4) is 0 Å². The van der Waals surface area contributed by atoms with E-state index in [1.807, 2.05) is 30.3 Å². The lowest BCUT2D eigenvalue weighted by Crippen LogP contribution is -2.59. The molecule has 0 aromatic heterocycles. The number of aliphatic hydroxyl groups excluding tert-OH is 1. The van der Waals surface area contributed by atoms with Gasteiger partial charge in [0.1, 0.15) is 6.61 Å². The van der Waals surface area contributed by atoms with Crippen molar-refractivity contribution in [1.29, 1.82) is 0 Å². The molecule has 30 heavy (non-hydrogen) atoms. The molecule has 2 aromatic carbocycles. The van der Waals surface area contributed by atoms with Crippen LogP contribution in [0.15, 0.2) is 54.6 Å². The topological polar surface area (TPSA) is 127 Å². The van der Waals surface area contributed by atoms with Crippen molar-refractivity contribution < 1.29 is 29.2 Å². The minimum atomic E-state index is -1.83. The summed E-state index contributed by atoms with van der Waals surface area (Å²) in [4.78, 5) is 47.2. The molecule has 1 aliphatic heterocycles. The summed E-state index contributed by atoms with van der Waals surface area (Å²) in [5.74, 6) is -1.50. The first kappa shape index (κ1) is 21.5. The minimum absolute atomic E-state index is 0.0396. The number of nitro groups is 1. The number of ether oxygens (including phenoxy) is 1. The van der Waals surface area contributed by atoms with Gasteiger partial charge in [0.2, 0.25) is 12.1 Å². The molecule has 2 aromatic rings. The molecule has 0 radical (unpaired) electrons. The second-order valence-electron chi connectivity index (χ2n) is 6.52. The zero-order chi connectivity index (χ0) is 21.7. The first-order valence-corrected chi connectivity index (χ1v) is 9.85. The Hall–Kier alpha value is -3.24. The molecule has 0 spiro atoms. The largest absolute Gasteiger partial charge is 0.457 e. The van der Waals surface area contributed by atoms with Gasteiger partial charge in [0, 0.05) is 18.6 Å². The lowest BCUT2D eigenvalue weighted by Gasteiger charge is -2.41. The maximum Gasteiger partial charge on any atom is 0.356 e. The molecule has 1 heterocycles. The summed E-state index contributed by atoms with van der Waals surface area (Å²) in [5.41, 5.74) is 1.21. The third-order valence-corrected chi connectivity index (χ3v) is 5.48. The van der Waals surface area contributed by atoms with Crippen LogP contribution in [0.5, 0.6) is 0 Å². The molecule has 9 nitrogen and oxygen atoms in total. The van der Waals surface area contributed by atoms with Crippen molar-refractivity contribution in [3.8, 4) is 0 Å². The van der Waals surface area contributed by atoms with Gasteiger partial charge in [-0.2, -0.15) is 0 Å². The molecule has 3 rings (SSSR count). The van der Waals surface area contributed by atoms with E-state index in [2.05, 4.69) is 0 Å². The fourth-order valence-corrected chi connectivity index (χ4v) is 3.93. The first-order chi connectivity index (χ1) is 14.3. The van der Waals surface area contributed by atoms with E-state index in [1.54, 1.807) is 0 Å². The summed E-state index contributed by atoms with van der Waals surface area (Å²) in [6, 6.07) is 14.5. The summed E-state index contributed by atoms with van der Waals surface area (Å²) in [5, 5.41) is 20.0. The van der Waals surface area contributed by atoms with Crippen LogP contribution in [-0.2, 0) is 32.1 Å². The third-order valence-electron chi connectivity index (χ3n) is 4.41. The van der Waals surface area contributed by atoms with Crippen molar-refractivity contribution in [2.24, 2.45) is 0 Å². The number of carbonyl (C=O) groups is 3. The van der Waals surface area contributed by atoms with Crippen molar-refractivity contribution in [3.05, 3.63) is 75.8 Å².